The minimum atomic E-state index is -0.473. The van der Waals surface area contributed by atoms with Gasteiger partial charge in [-0.1, -0.05) is 91.8 Å². The van der Waals surface area contributed by atoms with Gasteiger partial charge in [0.2, 0.25) is 11.1 Å². The summed E-state index contributed by atoms with van der Waals surface area (Å²) in [7, 11) is 0. The van der Waals surface area contributed by atoms with Gasteiger partial charge in [0.15, 0.2) is 0 Å². The Morgan fingerprint density at radius 2 is 1.82 bits per heavy atom. The van der Waals surface area contributed by atoms with E-state index in [1.807, 2.05) is 62.4 Å². The summed E-state index contributed by atoms with van der Waals surface area (Å²) < 4.78 is 7.55. The zero-order valence-electron chi connectivity index (χ0n) is 22.9. The Hall–Kier alpha value is -3.75. The van der Waals surface area contributed by atoms with Crippen molar-refractivity contribution in [2.24, 2.45) is 0 Å². The van der Waals surface area contributed by atoms with Crippen molar-refractivity contribution < 1.29 is 9.53 Å². The van der Waals surface area contributed by atoms with Crippen molar-refractivity contribution in [2.45, 2.75) is 50.6 Å². The molecule has 0 saturated heterocycles. The van der Waals surface area contributed by atoms with Gasteiger partial charge in [0.1, 0.15) is 11.8 Å². The molecule has 9 heteroatoms. The number of benzene rings is 3. The Bertz CT molecular complexity index is 1550. The molecule has 0 radical (unpaired) electrons. The van der Waals surface area contributed by atoms with Crippen LogP contribution in [0.3, 0.4) is 0 Å². The molecule has 2 N–H and O–H groups in total. The minimum Gasteiger partial charge on any atom is -0.492 e. The molecular weight excluding hydrogens is 542 g/mol. The Kier molecular flexibility index (Phi) is 8.47. The van der Waals surface area contributed by atoms with E-state index < -0.39 is 6.04 Å². The summed E-state index contributed by atoms with van der Waals surface area (Å²) in [5.41, 5.74) is 5.07. The summed E-state index contributed by atoms with van der Waals surface area (Å²) in [6.07, 6.45) is 0. The van der Waals surface area contributed by atoms with E-state index in [9.17, 15) is 4.79 Å². The Balaban J connectivity index is 1.50. The van der Waals surface area contributed by atoms with Gasteiger partial charge < -0.3 is 15.4 Å². The maximum atomic E-state index is 13.9. The third-order valence-corrected chi connectivity index (χ3v) is 8.00. The van der Waals surface area contributed by atoms with E-state index in [2.05, 4.69) is 48.7 Å². The van der Waals surface area contributed by atoms with E-state index in [-0.39, 0.29) is 5.91 Å². The summed E-state index contributed by atoms with van der Waals surface area (Å²) in [6, 6.07) is 23.1. The molecule has 0 fully saturated rings. The fourth-order valence-corrected chi connectivity index (χ4v) is 5.77. The van der Waals surface area contributed by atoms with Gasteiger partial charge in [-0.05, 0) is 54.7 Å². The molecule has 3 aromatic carbocycles. The van der Waals surface area contributed by atoms with Crippen LogP contribution in [0.2, 0.25) is 5.02 Å². The fraction of sp³-hybridized carbons (Fsp3) is 0.258. The highest BCUT2D eigenvalue weighted by atomic mass is 35.5. The number of thioether (sulfide) groups is 1. The zero-order valence-corrected chi connectivity index (χ0v) is 24.5. The summed E-state index contributed by atoms with van der Waals surface area (Å²) >= 11 is 7.87. The first-order chi connectivity index (χ1) is 19.4. The number of carbonyl (C=O) groups is 1. The van der Waals surface area contributed by atoms with Crippen LogP contribution < -0.4 is 15.4 Å². The van der Waals surface area contributed by atoms with Crippen LogP contribution in [0.5, 0.6) is 5.75 Å². The molecule has 4 aromatic rings. The van der Waals surface area contributed by atoms with E-state index in [1.165, 1.54) is 17.3 Å². The molecule has 1 aromatic heterocycles. The molecule has 0 saturated carbocycles. The number of allylic oxidation sites excluding steroid dienone is 1. The average Bonchev–Trinajstić information content (AvgIpc) is 3.35. The monoisotopic (exact) mass is 573 g/mol. The average molecular weight is 574 g/mol. The van der Waals surface area contributed by atoms with Crippen LogP contribution in [0.25, 0.3) is 0 Å². The number of fused-ring (bicyclic) bond motifs is 1. The van der Waals surface area contributed by atoms with Gasteiger partial charge in [-0.3, -0.25) is 4.79 Å². The van der Waals surface area contributed by atoms with Gasteiger partial charge in [-0.25, -0.2) is 4.68 Å². The fourth-order valence-electron chi connectivity index (χ4n) is 4.66. The first kappa shape index (κ1) is 27.8. The number of nitrogens with one attached hydrogen (secondary N) is 2. The quantitative estimate of drug-likeness (QED) is 0.200. The molecule has 40 heavy (non-hydrogen) atoms. The maximum absolute atomic E-state index is 13.9. The summed E-state index contributed by atoms with van der Waals surface area (Å²) in [4.78, 5) is 18.7. The first-order valence-corrected chi connectivity index (χ1v) is 14.7. The van der Waals surface area contributed by atoms with Gasteiger partial charge >= 0.3 is 0 Å². The van der Waals surface area contributed by atoms with Crippen molar-refractivity contribution in [2.75, 3.05) is 17.2 Å². The third-order valence-electron chi connectivity index (χ3n) is 6.75. The molecule has 1 atom stereocenters. The predicted octanol–water partition coefficient (Wildman–Crippen LogP) is 7.67. The van der Waals surface area contributed by atoms with E-state index >= 15 is 0 Å². The maximum Gasteiger partial charge on any atom is 0.255 e. The largest absolute Gasteiger partial charge is 0.492 e. The lowest BCUT2D eigenvalue weighted by molar-refractivity contribution is -0.113. The number of carbonyl (C=O) groups excluding carboxylic acids is 1. The van der Waals surface area contributed by atoms with Crippen molar-refractivity contribution in [3.8, 4) is 5.75 Å². The summed E-state index contributed by atoms with van der Waals surface area (Å²) in [5, 5.41) is 12.6. The molecule has 1 unspecified atom stereocenters. The van der Waals surface area contributed by atoms with Gasteiger partial charge in [0.05, 0.1) is 17.9 Å². The Labute approximate surface area is 244 Å². The number of rotatable bonds is 9. The first-order valence-electron chi connectivity index (χ1n) is 13.3. The van der Waals surface area contributed by atoms with Gasteiger partial charge in [-0.15, -0.1) is 5.10 Å². The number of para-hydroxylation sites is 2. The van der Waals surface area contributed by atoms with Gasteiger partial charge in [0, 0.05) is 16.5 Å². The normalized spacial score (nSPS) is 14.6. The Morgan fingerprint density at radius 3 is 2.55 bits per heavy atom. The molecule has 0 bridgehead atoms. The Morgan fingerprint density at radius 1 is 1.10 bits per heavy atom. The van der Waals surface area contributed by atoms with Crippen molar-refractivity contribution in [1.82, 2.24) is 14.8 Å². The molecule has 2 heterocycles. The van der Waals surface area contributed by atoms with Crippen LogP contribution in [-0.4, -0.2) is 27.3 Å². The van der Waals surface area contributed by atoms with Crippen molar-refractivity contribution in [1.29, 1.82) is 0 Å². The lowest BCUT2D eigenvalue weighted by Gasteiger charge is -2.29. The number of ether oxygens (including phenoxy) is 1. The molecular formula is C31H32ClN5O2S. The molecule has 0 aliphatic carbocycles. The van der Waals surface area contributed by atoms with E-state index in [4.69, 9.17) is 26.4 Å². The van der Waals surface area contributed by atoms with Crippen LogP contribution >= 0.6 is 23.4 Å². The smallest absolute Gasteiger partial charge is 0.255 e. The number of amides is 1. The van der Waals surface area contributed by atoms with Crippen LogP contribution in [0.4, 0.5) is 11.6 Å². The second-order valence-electron chi connectivity index (χ2n) is 9.81. The standard InChI is InChI=1S/C31H32ClN5O2S/c1-5-39-26-13-9-8-12-25(26)34-29(38)27-20(4)33-30-35-31(40-18-23-10-6-7-11-24(23)32)36-37(30)28(27)22-16-14-21(15-17-22)19(2)3/h6-17,19,28H,5,18H2,1-4H3,(H,34,38)(H,33,35,36). The highest BCUT2D eigenvalue weighted by Gasteiger charge is 2.34. The highest BCUT2D eigenvalue weighted by molar-refractivity contribution is 7.98. The van der Waals surface area contributed by atoms with Crippen LogP contribution in [0, 0.1) is 0 Å². The van der Waals surface area contributed by atoms with Gasteiger partial charge in [0.25, 0.3) is 5.91 Å². The molecule has 1 aliphatic rings. The SMILES string of the molecule is CCOc1ccccc1NC(=O)C1=C(C)Nc2nc(SCc3ccccc3Cl)nn2C1c1ccc(C(C)C)cc1. The zero-order chi connectivity index (χ0) is 28.2. The van der Waals surface area contributed by atoms with Crippen molar-refractivity contribution in [3.05, 3.63) is 106 Å². The molecule has 1 aliphatic heterocycles. The topological polar surface area (TPSA) is 81.1 Å². The van der Waals surface area contributed by atoms with Crippen molar-refractivity contribution >= 4 is 40.9 Å². The molecule has 7 nitrogen and oxygen atoms in total. The lowest BCUT2D eigenvalue weighted by Crippen LogP contribution is -2.31. The predicted molar refractivity (Wildman–Crippen MR) is 162 cm³/mol. The van der Waals surface area contributed by atoms with E-state index in [0.29, 0.717) is 57.1 Å². The summed E-state index contributed by atoms with van der Waals surface area (Å²) in [5.74, 6) is 2.00. The van der Waals surface area contributed by atoms with Crippen LogP contribution in [-0.2, 0) is 10.5 Å². The number of aromatic nitrogens is 3. The number of hydrogen-bond donors (Lipinski definition) is 2. The number of hydrogen-bond acceptors (Lipinski definition) is 6. The molecule has 206 valence electrons. The van der Waals surface area contributed by atoms with Gasteiger partial charge in [-0.2, -0.15) is 4.98 Å². The van der Waals surface area contributed by atoms with Crippen LogP contribution in [0.1, 0.15) is 56.3 Å². The second kappa shape index (κ2) is 12.2. The second-order valence-corrected chi connectivity index (χ2v) is 11.2. The van der Waals surface area contributed by atoms with Crippen LogP contribution in [0.15, 0.2) is 89.2 Å². The molecule has 1 amide bonds. The third kappa shape index (κ3) is 5.88. The number of halogens is 1. The highest BCUT2D eigenvalue weighted by Crippen LogP contribution is 2.38. The minimum absolute atomic E-state index is 0.235. The lowest BCUT2D eigenvalue weighted by atomic mass is 9.92. The van der Waals surface area contributed by atoms with E-state index in [0.717, 1.165) is 11.1 Å². The number of anilines is 2. The molecule has 5 rings (SSSR count). The van der Waals surface area contributed by atoms with Crippen molar-refractivity contribution in [3.63, 3.8) is 0 Å². The summed E-state index contributed by atoms with van der Waals surface area (Å²) in [6.45, 7) is 8.64. The van der Waals surface area contributed by atoms with E-state index in [1.54, 1.807) is 4.68 Å². The number of nitrogens with zero attached hydrogens (tertiary/aromatic N) is 3. The molecule has 0 spiro atoms.